The Hall–Kier alpha value is -2.57. The zero-order valence-electron chi connectivity index (χ0n) is 16.5. The van der Waals surface area contributed by atoms with E-state index in [1.165, 1.54) is 7.11 Å². The maximum Gasteiger partial charge on any atom is 0.337 e. The van der Waals surface area contributed by atoms with E-state index in [1.807, 2.05) is 21.9 Å². The number of benzene rings is 1. The van der Waals surface area contributed by atoms with E-state index in [1.54, 1.807) is 12.1 Å². The molecule has 0 saturated carbocycles. The Bertz CT molecular complexity index is 698. The molecule has 0 unspecified atom stereocenters. The van der Waals surface area contributed by atoms with Crippen molar-refractivity contribution in [3.05, 3.63) is 35.4 Å². The minimum atomic E-state index is -0.356. The third-order valence-corrected chi connectivity index (χ3v) is 5.53. The molecular formula is C21H29N3O4. The van der Waals surface area contributed by atoms with Gasteiger partial charge in [-0.05, 0) is 49.8 Å². The van der Waals surface area contributed by atoms with Gasteiger partial charge in [-0.3, -0.25) is 4.79 Å². The van der Waals surface area contributed by atoms with E-state index < -0.39 is 0 Å². The highest BCUT2D eigenvalue weighted by molar-refractivity contribution is 5.89. The van der Waals surface area contributed by atoms with Crippen LogP contribution >= 0.6 is 0 Å². The molecule has 3 rings (SSSR count). The number of nitrogens with one attached hydrogen (secondary N) is 1. The number of hydrogen-bond donors (Lipinski definition) is 1. The van der Waals surface area contributed by atoms with Crippen LogP contribution in [0.4, 0.5) is 4.79 Å². The average Bonchev–Trinajstić information content (AvgIpc) is 3.28. The zero-order chi connectivity index (χ0) is 19.9. The first-order valence-corrected chi connectivity index (χ1v) is 10.1. The Morgan fingerprint density at radius 3 is 2.39 bits per heavy atom. The molecule has 1 atom stereocenters. The quantitative estimate of drug-likeness (QED) is 0.785. The molecule has 2 aliphatic heterocycles. The van der Waals surface area contributed by atoms with Crippen LogP contribution in [0.3, 0.4) is 0 Å². The molecule has 2 saturated heterocycles. The van der Waals surface area contributed by atoms with Gasteiger partial charge in [-0.1, -0.05) is 12.1 Å². The number of nitrogens with zero attached hydrogens (tertiary/aromatic N) is 2. The van der Waals surface area contributed by atoms with E-state index in [2.05, 4.69) is 10.1 Å². The lowest BCUT2D eigenvalue weighted by molar-refractivity contribution is -0.126. The van der Waals surface area contributed by atoms with Gasteiger partial charge in [-0.2, -0.15) is 0 Å². The molecule has 7 nitrogen and oxygen atoms in total. The smallest absolute Gasteiger partial charge is 0.337 e. The Morgan fingerprint density at radius 2 is 1.71 bits per heavy atom. The molecule has 7 heteroatoms. The number of carbonyl (C=O) groups is 3. The molecule has 28 heavy (non-hydrogen) atoms. The Labute approximate surface area is 166 Å². The summed E-state index contributed by atoms with van der Waals surface area (Å²) >= 11 is 0. The summed E-state index contributed by atoms with van der Waals surface area (Å²) in [5.41, 5.74) is 1.56. The molecule has 2 heterocycles. The van der Waals surface area contributed by atoms with Gasteiger partial charge in [0.05, 0.1) is 18.6 Å². The minimum absolute atomic E-state index is 0.0186. The number of esters is 1. The molecule has 2 aliphatic rings. The SMILES string of the molecule is COC(=O)c1ccc(CCNC(=O)[C@@H]2CCCN(C(=O)N3CCCC3)C2)cc1. The molecule has 1 N–H and O–H groups in total. The summed E-state index contributed by atoms with van der Waals surface area (Å²) in [4.78, 5) is 40.3. The number of rotatable bonds is 5. The molecule has 0 aliphatic carbocycles. The van der Waals surface area contributed by atoms with Gasteiger partial charge in [0.15, 0.2) is 0 Å². The van der Waals surface area contributed by atoms with Gasteiger partial charge in [0, 0.05) is 32.7 Å². The van der Waals surface area contributed by atoms with E-state index in [-0.39, 0.29) is 23.8 Å². The van der Waals surface area contributed by atoms with E-state index >= 15 is 0 Å². The van der Waals surface area contributed by atoms with Crippen molar-refractivity contribution in [2.45, 2.75) is 32.1 Å². The highest BCUT2D eigenvalue weighted by Crippen LogP contribution is 2.20. The van der Waals surface area contributed by atoms with Gasteiger partial charge < -0.3 is 19.9 Å². The second kappa shape index (κ2) is 9.57. The molecule has 3 amide bonds. The van der Waals surface area contributed by atoms with E-state index in [4.69, 9.17) is 0 Å². The van der Waals surface area contributed by atoms with Gasteiger partial charge in [0.25, 0.3) is 0 Å². The van der Waals surface area contributed by atoms with Crippen molar-refractivity contribution in [1.82, 2.24) is 15.1 Å². The number of methoxy groups -OCH3 is 1. The minimum Gasteiger partial charge on any atom is -0.465 e. The fourth-order valence-corrected chi connectivity index (χ4v) is 3.87. The molecule has 152 valence electrons. The monoisotopic (exact) mass is 387 g/mol. The van der Waals surface area contributed by atoms with Crippen LogP contribution in [0.25, 0.3) is 0 Å². The molecule has 2 fully saturated rings. The number of hydrogen-bond acceptors (Lipinski definition) is 4. The molecule has 0 spiro atoms. The van der Waals surface area contributed by atoms with Crippen molar-refractivity contribution >= 4 is 17.9 Å². The Morgan fingerprint density at radius 1 is 1.04 bits per heavy atom. The predicted octanol–water partition coefficient (Wildman–Crippen LogP) is 2.06. The van der Waals surface area contributed by atoms with Crippen LogP contribution < -0.4 is 5.32 Å². The maximum atomic E-state index is 12.6. The van der Waals surface area contributed by atoms with Gasteiger partial charge >= 0.3 is 12.0 Å². The summed E-state index contributed by atoms with van der Waals surface area (Å²) in [5, 5.41) is 3.00. The van der Waals surface area contributed by atoms with Gasteiger partial charge in [0.1, 0.15) is 0 Å². The number of carbonyl (C=O) groups excluding carboxylic acids is 3. The van der Waals surface area contributed by atoms with Crippen LogP contribution in [-0.4, -0.2) is 67.5 Å². The van der Waals surface area contributed by atoms with Gasteiger partial charge in [0.2, 0.25) is 5.91 Å². The topological polar surface area (TPSA) is 79.0 Å². The average molecular weight is 387 g/mol. The zero-order valence-corrected chi connectivity index (χ0v) is 16.5. The Balaban J connectivity index is 1.44. The van der Waals surface area contributed by atoms with Crippen LogP contribution in [0.15, 0.2) is 24.3 Å². The van der Waals surface area contributed by atoms with Crippen LogP contribution in [0.5, 0.6) is 0 Å². The second-order valence-corrected chi connectivity index (χ2v) is 7.49. The van der Waals surface area contributed by atoms with Gasteiger partial charge in [-0.25, -0.2) is 9.59 Å². The second-order valence-electron chi connectivity index (χ2n) is 7.49. The molecular weight excluding hydrogens is 358 g/mol. The van der Waals surface area contributed by atoms with Crippen LogP contribution in [0.1, 0.15) is 41.6 Å². The lowest BCUT2D eigenvalue weighted by Crippen LogP contribution is -2.49. The first-order chi connectivity index (χ1) is 13.6. The number of piperidine rings is 1. The third kappa shape index (κ3) is 5.03. The van der Waals surface area contributed by atoms with E-state index in [0.29, 0.717) is 25.1 Å². The van der Waals surface area contributed by atoms with Gasteiger partial charge in [-0.15, -0.1) is 0 Å². The van der Waals surface area contributed by atoms with Crippen LogP contribution in [0, 0.1) is 5.92 Å². The maximum absolute atomic E-state index is 12.6. The molecule has 0 aromatic heterocycles. The van der Waals surface area contributed by atoms with Crippen molar-refractivity contribution in [2.75, 3.05) is 39.8 Å². The molecule has 1 aromatic carbocycles. The van der Waals surface area contributed by atoms with Crippen molar-refractivity contribution in [3.63, 3.8) is 0 Å². The Kier molecular flexibility index (Phi) is 6.90. The summed E-state index contributed by atoms with van der Waals surface area (Å²) in [5.74, 6) is -0.475. The molecule has 1 aromatic rings. The fraction of sp³-hybridized carbons (Fsp3) is 0.571. The van der Waals surface area contributed by atoms with Crippen molar-refractivity contribution < 1.29 is 19.1 Å². The van der Waals surface area contributed by atoms with E-state index in [0.717, 1.165) is 50.9 Å². The van der Waals surface area contributed by atoms with Crippen LogP contribution in [0.2, 0.25) is 0 Å². The van der Waals surface area contributed by atoms with Crippen LogP contribution in [-0.2, 0) is 16.0 Å². The lowest BCUT2D eigenvalue weighted by atomic mass is 9.97. The molecule has 0 radical (unpaired) electrons. The largest absolute Gasteiger partial charge is 0.465 e. The van der Waals surface area contributed by atoms with Crippen molar-refractivity contribution in [3.8, 4) is 0 Å². The summed E-state index contributed by atoms with van der Waals surface area (Å²) in [6, 6.07) is 7.28. The highest BCUT2D eigenvalue weighted by atomic mass is 16.5. The standard InChI is InChI=1S/C21H29N3O4/c1-28-20(26)17-8-6-16(7-9-17)10-11-22-19(25)18-5-4-14-24(15-18)21(27)23-12-2-3-13-23/h6-9,18H,2-5,10-15H2,1H3,(H,22,25)/t18-/m1/s1. The fourth-order valence-electron chi connectivity index (χ4n) is 3.87. The number of amides is 3. The summed E-state index contributed by atoms with van der Waals surface area (Å²) in [6.45, 7) is 3.45. The predicted molar refractivity (Wildman–Crippen MR) is 105 cm³/mol. The molecule has 0 bridgehead atoms. The first-order valence-electron chi connectivity index (χ1n) is 10.1. The van der Waals surface area contributed by atoms with Crippen molar-refractivity contribution in [2.24, 2.45) is 5.92 Å². The third-order valence-electron chi connectivity index (χ3n) is 5.53. The normalized spacial score (nSPS) is 19.4. The summed E-state index contributed by atoms with van der Waals surface area (Å²) in [6.07, 6.45) is 4.53. The first kappa shape index (κ1) is 20.2. The number of ether oxygens (including phenoxy) is 1. The number of likely N-dealkylation sites (tertiary alicyclic amines) is 2. The summed E-state index contributed by atoms with van der Waals surface area (Å²) < 4.78 is 4.69. The lowest BCUT2D eigenvalue weighted by Gasteiger charge is -2.34. The number of urea groups is 1. The van der Waals surface area contributed by atoms with Crippen molar-refractivity contribution in [1.29, 1.82) is 0 Å². The summed E-state index contributed by atoms with van der Waals surface area (Å²) in [7, 11) is 1.36. The van der Waals surface area contributed by atoms with E-state index in [9.17, 15) is 14.4 Å². The highest BCUT2D eigenvalue weighted by Gasteiger charge is 2.31.